The second-order valence-corrected chi connectivity index (χ2v) is 5.88. The summed E-state index contributed by atoms with van der Waals surface area (Å²) in [7, 11) is 0. The Morgan fingerprint density at radius 2 is 2.14 bits per heavy atom. The molecule has 2 aliphatic heterocycles. The van der Waals surface area contributed by atoms with E-state index in [0.717, 1.165) is 52.1 Å². The first kappa shape index (κ1) is 17.2. The van der Waals surface area contributed by atoms with Crippen LogP contribution in [-0.4, -0.2) is 66.0 Å². The van der Waals surface area contributed by atoms with Gasteiger partial charge in [-0.15, -0.1) is 12.4 Å². The monoisotopic (exact) mass is 324 g/mol. The van der Waals surface area contributed by atoms with Gasteiger partial charge < -0.3 is 10.2 Å². The van der Waals surface area contributed by atoms with Gasteiger partial charge in [-0.2, -0.15) is 0 Å². The predicted molar refractivity (Wildman–Crippen MR) is 89.6 cm³/mol. The summed E-state index contributed by atoms with van der Waals surface area (Å²) in [6.07, 6.45) is 3.77. The first-order valence-electron chi connectivity index (χ1n) is 7.97. The normalized spacial score (nSPS) is 22.4. The summed E-state index contributed by atoms with van der Waals surface area (Å²) < 4.78 is 0. The molecule has 0 radical (unpaired) electrons. The third kappa shape index (κ3) is 3.77. The molecule has 1 amide bonds. The van der Waals surface area contributed by atoms with Crippen LogP contribution in [0.1, 0.15) is 29.4 Å². The quantitative estimate of drug-likeness (QED) is 0.907. The Hall–Kier alpha value is -1.17. The fourth-order valence-corrected chi connectivity index (χ4v) is 3.24. The van der Waals surface area contributed by atoms with Crippen molar-refractivity contribution >= 4 is 18.3 Å². The van der Waals surface area contributed by atoms with Crippen LogP contribution in [0.2, 0.25) is 0 Å². The molecule has 2 saturated heterocycles. The average molecular weight is 325 g/mol. The molecule has 0 bridgehead atoms. The zero-order valence-electron chi connectivity index (χ0n) is 13.1. The van der Waals surface area contributed by atoms with Crippen LogP contribution in [-0.2, 0) is 6.42 Å². The van der Waals surface area contributed by atoms with Crippen LogP contribution >= 0.6 is 12.4 Å². The minimum Gasteiger partial charge on any atom is -0.336 e. The number of halogens is 1. The Kier molecular flexibility index (Phi) is 6.17. The van der Waals surface area contributed by atoms with E-state index in [9.17, 15) is 4.79 Å². The molecule has 0 spiro atoms. The molecule has 0 aliphatic carbocycles. The van der Waals surface area contributed by atoms with Crippen molar-refractivity contribution < 1.29 is 4.79 Å². The van der Waals surface area contributed by atoms with Crippen LogP contribution < -0.4 is 5.32 Å². The van der Waals surface area contributed by atoms with Gasteiger partial charge in [0.15, 0.2) is 0 Å². The molecule has 5 nitrogen and oxygen atoms in total. The molecular formula is C16H25ClN4O. The highest BCUT2D eigenvalue weighted by molar-refractivity contribution is 5.92. The highest BCUT2D eigenvalue weighted by Crippen LogP contribution is 2.18. The molecule has 122 valence electrons. The van der Waals surface area contributed by atoms with E-state index in [4.69, 9.17) is 0 Å². The Morgan fingerprint density at radius 1 is 1.36 bits per heavy atom. The smallest absolute Gasteiger partial charge is 0.272 e. The lowest BCUT2D eigenvalue weighted by atomic mass is 10.2. The number of aryl methyl sites for hydroxylation is 1. The maximum Gasteiger partial charge on any atom is 0.272 e. The van der Waals surface area contributed by atoms with Crippen LogP contribution in [0.15, 0.2) is 18.3 Å². The SMILES string of the molecule is CCc1ccnc(C(=O)N2CCC(N3CCNCC3)C2)c1.Cl. The maximum absolute atomic E-state index is 12.6. The lowest BCUT2D eigenvalue weighted by Gasteiger charge is -2.32. The van der Waals surface area contributed by atoms with Gasteiger partial charge in [0, 0.05) is 51.5 Å². The summed E-state index contributed by atoms with van der Waals surface area (Å²) in [6.45, 7) is 8.10. The number of likely N-dealkylation sites (tertiary alicyclic amines) is 1. The lowest BCUT2D eigenvalue weighted by molar-refractivity contribution is 0.0767. The van der Waals surface area contributed by atoms with Gasteiger partial charge in [0.25, 0.3) is 5.91 Å². The summed E-state index contributed by atoms with van der Waals surface area (Å²) in [5.74, 6) is 0.0861. The Bertz CT molecular complexity index is 505. The number of nitrogens with zero attached hydrogens (tertiary/aromatic N) is 3. The van der Waals surface area contributed by atoms with Gasteiger partial charge in [-0.05, 0) is 30.5 Å². The van der Waals surface area contributed by atoms with Crippen molar-refractivity contribution in [1.29, 1.82) is 0 Å². The molecule has 0 saturated carbocycles. The van der Waals surface area contributed by atoms with E-state index in [1.165, 1.54) is 5.56 Å². The summed E-state index contributed by atoms with van der Waals surface area (Å²) in [6, 6.07) is 4.43. The van der Waals surface area contributed by atoms with Gasteiger partial charge in [0.2, 0.25) is 0 Å². The minimum absolute atomic E-state index is 0. The average Bonchev–Trinajstić information content (AvgIpc) is 3.05. The van der Waals surface area contributed by atoms with Crippen molar-refractivity contribution in [2.45, 2.75) is 25.8 Å². The van der Waals surface area contributed by atoms with Gasteiger partial charge in [0.05, 0.1) is 0 Å². The van der Waals surface area contributed by atoms with Crippen LogP contribution in [0, 0.1) is 0 Å². The van der Waals surface area contributed by atoms with E-state index in [0.29, 0.717) is 11.7 Å². The van der Waals surface area contributed by atoms with Gasteiger partial charge in [0.1, 0.15) is 5.69 Å². The highest BCUT2D eigenvalue weighted by atomic mass is 35.5. The van der Waals surface area contributed by atoms with Crippen LogP contribution in [0.4, 0.5) is 0 Å². The largest absolute Gasteiger partial charge is 0.336 e. The zero-order chi connectivity index (χ0) is 14.7. The lowest BCUT2D eigenvalue weighted by Crippen LogP contribution is -2.49. The van der Waals surface area contributed by atoms with Crippen molar-refractivity contribution in [3.63, 3.8) is 0 Å². The number of amides is 1. The zero-order valence-corrected chi connectivity index (χ0v) is 13.9. The topological polar surface area (TPSA) is 48.5 Å². The third-order valence-corrected chi connectivity index (χ3v) is 4.57. The van der Waals surface area contributed by atoms with E-state index >= 15 is 0 Å². The van der Waals surface area contributed by atoms with Crippen molar-refractivity contribution in [3.05, 3.63) is 29.6 Å². The summed E-state index contributed by atoms with van der Waals surface area (Å²) in [5, 5.41) is 3.38. The molecule has 1 aromatic heterocycles. The Labute approximate surface area is 138 Å². The summed E-state index contributed by atoms with van der Waals surface area (Å²) in [4.78, 5) is 21.3. The number of hydrogen-bond donors (Lipinski definition) is 1. The Balaban J connectivity index is 0.00000176. The number of pyridine rings is 1. The number of piperazine rings is 1. The molecule has 0 aromatic carbocycles. The third-order valence-electron chi connectivity index (χ3n) is 4.57. The fourth-order valence-electron chi connectivity index (χ4n) is 3.24. The number of nitrogens with one attached hydrogen (secondary N) is 1. The molecule has 2 aliphatic rings. The van der Waals surface area contributed by atoms with E-state index in [2.05, 4.69) is 22.1 Å². The second-order valence-electron chi connectivity index (χ2n) is 5.88. The van der Waals surface area contributed by atoms with Crippen molar-refractivity contribution in [2.75, 3.05) is 39.3 Å². The molecule has 6 heteroatoms. The van der Waals surface area contributed by atoms with E-state index < -0.39 is 0 Å². The van der Waals surface area contributed by atoms with Crippen LogP contribution in [0.25, 0.3) is 0 Å². The van der Waals surface area contributed by atoms with E-state index in [-0.39, 0.29) is 18.3 Å². The molecule has 1 atom stereocenters. The Morgan fingerprint density at radius 3 is 2.86 bits per heavy atom. The fraction of sp³-hybridized carbons (Fsp3) is 0.625. The van der Waals surface area contributed by atoms with Crippen LogP contribution in [0.5, 0.6) is 0 Å². The van der Waals surface area contributed by atoms with Crippen molar-refractivity contribution in [3.8, 4) is 0 Å². The molecule has 1 N–H and O–H groups in total. The molecular weight excluding hydrogens is 300 g/mol. The standard InChI is InChI=1S/C16H24N4O.ClH/c1-2-13-3-5-18-15(11-13)16(21)20-8-4-14(12-20)19-9-6-17-7-10-19;/h3,5,11,14,17H,2,4,6-10,12H2,1H3;1H. The van der Waals surface area contributed by atoms with Crippen molar-refractivity contribution in [1.82, 2.24) is 20.1 Å². The molecule has 3 rings (SSSR count). The molecule has 3 heterocycles. The molecule has 1 aromatic rings. The molecule has 2 fully saturated rings. The van der Waals surface area contributed by atoms with E-state index in [1.54, 1.807) is 6.20 Å². The summed E-state index contributed by atoms with van der Waals surface area (Å²) >= 11 is 0. The van der Waals surface area contributed by atoms with E-state index in [1.807, 2.05) is 17.0 Å². The summed E-state index contributed by atoms with van der Waals surface area (Å²) in [5.41, 5.74) is 1.77. The number of carbonyl (C=O) groups is 1. The predicted octanol–water partition coefficient (Wildman–Crippen LogP) is 1.19. The van der Waals surface area contributed by atoms with Gasteiger partial charge in [-0.1, -0.05) is 6.92 Å². The van der Waals surface area contributed by atoms with Crippen LogP contribution in [0.3, 0.4) is 0 Å². The van der Waals surface area contributed by atoms with Gasteiger partial charge in [-0.3, -0.25) is 14.7 Å². The van der Waals surface area contributed by atoms with Gasteiger partial charge >= 0.3 is 0 Å². The van der Waals surface area contributed by atoms with Gasteiger partial charge in [-0.25, -0.2) is 0 Å². The number of hydrogen-bond acceptors (Lipinski definition) is 4. The second kappa shape index (κ2) is 7.90. The molecule has 22 heavy (non-hydrogen) atoms. The minimum atomic E-state index is 0. The number of aromatic nitrogens is 1. The van der Waals surface area contributed by atoms with Crippen molar-refractivity contribution in [2.24, 2.45) is 0 Å². The first-order chi connectivity index (χ1) is 10.3. The maximum atomic E-state index is 12.6. The first-order valence-corrected chi connectivity index (χ1v) is 7.97. The molecule has 1 unspecified atom stereocenters. The number of rotatable bonds is 3. The highest BCUT2D eigenvalue weighted by Gasteiger charge is 2.31. The number of carbonyl (C=O) groups excluding carboxylic acids is 1.